The van der Waals surface area contributed by atoms with Crippen LogP contribution in [0.2, 0.25) is 0 Å². The third kappa shape index (κ3) is 6.14. The first kappa shape index (κ1) is 26.9. The predicted molar refractivity (Wildman–Crippen MR) is 154 cm³/mol. The average molecular weight is 550 g/mol. The average Bonchev–Trinajstić information content (AvgIpc) is 3.02. The minimum Gasteiger partial charge on any atom is -0.465 e. The molecule has 0 aliphatic carbocycles. The largest absolute Gasteiger partial charge is 0.465 e. The molecular weight excluding hydrogens is 522 g/mol. The van der Waals surface area contributed by atoms with Gasteiger partial charge in [0.05, 0.1) is 29.8 Å². The topological polar surface area (TPSA) is 89.5 Å². The van der Waals surface area contributed by atoms with E-state index in [1.54, 1.807) is 48.9 Å². The number of esters is 1. The Morgan fingerprint density at radius 3 is 2.00 bits per heavy atom. The molecule has 0 fully saturated rings. The second-order valence-electron chi connectivity index (χ2n) is 9.13. The molecule has 0 aliphatic heterocycles. The van der Waals surface area contributed by atoms with E-state index in [2.05, 4.69) is 9.97 Å². The van der Waals surface area contributed by atoms with Gasteiger partial charge in [0.1, 0.15) is 0 Å². The highest BCUT2D eigenvalue weighted by Gasteiger charge is 2.25. The maximum absolute atomic E-state index is 13.8. The summed E-state index contributed by atoms with van der Waals surface area (Å²) >= 11 is 0. The molecule has 5 rings (SSSR count). The lowest BCUT2D eigenvalue weighted by Gasteiger charge is -2.22. The number of ether oxygens (including phenoxy) is 1. The summed E-state index contributed by atoms with van der Waals surface area (Å²) in [5, 5.41) is 0. The zero-order valence-corrected chi connectivity index (χ0v) is 22.7. The Hall–Kier alpha value is -4.66. The van der Waals surface area contributed by atoms with Crippen LogP contribution in [0.1, 0.15) is 21.6 Å². The van der Waals surface area contributed by atoms with Gasteiger partial charge in [-0.2, -0.15) is 4.31 Å². The molecule has 2 aromatic heterocycles. The molecule has 0 radical (unpaired) electrons. The molecule has 8 heteroatoms. The molecule has 0 unspecified atom stereocenters. The zero-order valence-electron chi connectivity index (χ0n) is 21.8. The Morgan fingerprint density at radius 1 is 0.725 bits per heavy atom. The van der Waals surface area contributed by atoms with Crippen molar-refractivity contribution in [2.45, 2.75) is 18.0 Å². The van der Waals surface area contributed by atoms with Gasteiger partial charge in [-0.25, -0.2) is 13.2 Å². The van der Waals surface area contributed by atoms with Crippen LogP contribution in [0.3, 0.4) is 0 Å². The van der Waals surface area contributed by atoms with Gasteiger partial charge in [-0.1, -0.05) is 66.7 Å². The maximum atomic E-state index is 13.8. The van der Waals surface area contributed by atoms with E-state index in [9.17, 15) is 13.2 Å². The number of carbonyl (C=O) groups excluding carboxylic acids is 1. The van der Waals surface area contributed by atoms with E-state index in [-0.39, 0.29) is 18.0 Å². The summed E-state index contributed by atoms with van der Waals surface area (Å²) in [5.41, 5.74) is 5.52. The fourth-order valence-electron chi connectivity index (χ4n) is 4.31. The molecule has 0 N–H and O–H groups in total. The third-order valence-corrected chi connectivity index (χ3v) is 8.29. The molecule has 0 bridgehead atoms. The Balaban J connectivity index is 1.40. The summed E-state index contributed by atoms with van der Waals surface area (Å²) in [4.78, 5) is 20.6. The summed E-state index contributed by atoms with van der Waals surface area (Å²) in [6, 6.07) is 31.1. The number of pyridine rings is 2. The number of benzene rings is 3. The Bertz CT molecular complexity index is 1670. The van der Waals surface area contributed by atoms with Crippen LogP contribution in [0.25, 0.3) is 22.3 Å². The van der Waals surface area contributed by atoms with E-state index in [1.807, 2.05) is 72.8 Å². The summed E-state index contributed by atoms with van der Waals surface area (Å²) in [6.07, 6.45) is 5.02. The van der Waals surface area contributed by atoms with Crippen LogP contribution < -0.4 is 0 Å². The van der Waals surface area contributed by atoms with E-state index in [0.29, 0.717) is 11.3 Å². The third-order valence-electron chi connectivity index (χ3n) is 6.48. The van der Waals surface area contributed by atoms with Crippen molar-refractivity contribution < 1.29 is 17.9 Å². The molecular formula is C32H27N3O4S. The first-order valence-corrected chi connectivity index (χ1v) is 14.1. The number of aromatic nitrogens is 2. The molecule has 0 atom stereocenters. The summed E-state index contributed by atoms with van der Waals surface area (Å²) in [5.74, 6) is -0.398. The second-order valence-corrected chi connectivity index (χ2v) is 11.1. The molecule has 0 saturated carbocycles. The highest BCUT2D eigenvalue weighted by atomic mass is 32.2. The van der Waals surface area contributed by atoms with Gasteiger partial charge in [0.25, 0.3) is 0 Å². The number of hydrogen-bond donors (Lipinski definition) is 0. The van der Waals surface area contributed by atoms with Gasteiger partial charge in [0.2, 0.25) is 10.0 Å². The molecule has 0 spiro atoms. The number of rotatable bonds is 9. The lowest BCUT2D eigenvalue weighted by molar-refractivity contribution is 0.0600. The lowest BCUT2D eigenvalue weighted by Crippen LogP contribution is -2.30. The Kier molecular flexibility index (Phi) is 8.10. The number of hydrogen-bond acceptors (Lipinski definition) is 6. The number of methoxy groups -OCH3 is 1. The number of sulfonamides is 1. The molecule has 0 saturated heterocycles. The van der Waals surface area contributed by atoms with Gasteiger partial charge in [0, 0.05) is 30.7 Å². The standard InChI is InChI=1S/C32H27N3O4S/c1-39-32(36)28-11-9-27(10-12-28)29-13-16-30(34-21-29)23-35(22-24-6-5-19-33-20-24)40(37,38)31-17-14-26(15-18-31)25-7-3-2-4-8-25/h2-21H,22-23H2,1H3. The SMILES string of the molecule is COC(=O)c1ccc(-c2ccc(CN(Cc3cccnc3)S(=O)(=O)c3ccc(-c4ccccc4)cc3)nc2)cc1. The van der Waals surface area contributed by atoms with Gasteiger partial charge in [-0.3, -0.25) is 9.97 Å². The van der Waals surface area contributed by atoms with Crippen LogP contribution >= 0.6 is 0 Å². The highest BCUT2D eigenvalue weighted by molar-refractivity contribution is 7.89. The first-order valence-electron chi connectivity index (χ1n) is 12.6. The molecule has 200 valence electrons. The van der Waals surface area contributed by atoms with Crippen molar-refractivity contribution in [2.75, 3.05) is 7.11 Å². The van der Waals surface area contributed by atoms with E-state index in [4.69, 9.17) is 4.74 Å². The molecule has 7 nitrogen and oxygen atoms in total. The lowest BCUT2D eigenvalue weighted by atomic mass is 10.1. The maximum Gasteiger partial charge on any atom is 0.337 e. The molecule has 0 aliphatic rings. The predicted octanol–water partition coefficient (Wildman–Crippen LogP) is 5.99. The van der Waals surface area contributed by atoms with Gasteiger partial charge < -0.3 is 4.74 Å². The van der Waals surface area contributed by atoms with E-state index >= 15 is 0 Å². The van der Waals surface area contributed by atoms with Gasteiger partial charge in [-0.05, 0) is 58.7 Å². The van der Waals surface area contributed by atoms with Gasteiger partial charge >= 0.3 is 5.97 Å². The Labute approximate surface area is 233 Å². The smallest absolute Gasteiger partial charge is 0.337 e. The molecule has 2 heterocycles. The van der Waals surface area contributed by atoms with Gasteiger partial charge in [-0.15, -0.1) is 0 Å². The fourth-order valence-corrected chi connectivity index (χ4v) is 5.71. The van der Waals surface area contributed by atoms with E-state index in [1.165, 1.54) is 11.4 Å². The van der Waals surface area contributed by atoms with Crippen molar-refractivity contribution in [3.8, 4) is 22.3 Å². The van der Waals surface area contributed by atoms with Crippen LogP contribution in [-0.4, -0.2) is 35.8 Å². The van der Waals surface area contributed by atoms with Crippen molar-refractivity contribution in [2.24, 2.45) is 0 Å². The van der Waals surface area contributed by atoms with Crippen molar-refractivity contribution in [3.63, 3.8) is 0 Å². The van der Waals surface area contributed by atoms with Gasteiger partial charge in [0.15, 0.2) is 0 Å². The normalized spacial score (nSPS) is 11.3. The van der Waals surface area contributed by atoms with Crippen LogP contribution in [0.4, 0.5) is 0 Å². The minimum atomic E-state index is -3.85. The van der Waals surface area contributed by atoms with Crippen molar-refractivity contribution >= 4 is 16.0 Å². The van der Waals surface area contributed by atoms with Crippen molar-refractivity contribution in [1.82, 2.24) is 14.3 Å². The van der Waals surface area contributed by atoms with Crippen LogP contribution in [0.5, 0.6) is 0 Å². The monoisotopic (exact) mass is 549 g/mol. The van der Waals surface area contributed by atoms with E-state index < -0.39 is 16.0 Å². The molecule has 40 heavy (non-hydrogen) atoms. The summed E-state index contributed by atoms with van der Waals surface area (Å²) < 4.78 is 33.8. The van der Waals surface area contributed by atoms with Crippen LogP contribution in [0, 0.1) is 0 Å². The van der Waals surface area contributed by atoms with E-state index in [0.717, 1.165) is 27.8 Å². The van der Waals surface area contributed by atoms with Crippen molar-refractivity contribution in [3.05, 3.63) is 139 Å². The first-order chi connectivity index (χ1) is 19.4. The Morgan fingerprint density at radius 2 is 1.38 bits per heavy atom. The van der Waals surface area contributed by atoms with Crippen LogP contribution in [-0.2, 0) is 27.8 Å². The fraction of sp³-hybridized carbons (Fsp3) is 0.0938. The summed E-state index contributed by atoms with van der Waals surface area (Å²) in [7, 11) is -2.51. The summed E-state index contributed by atoms with van der Waals surface area (Å²) in [6.45, 7) is 0.230. The number of nitrogens with zero attached hydrogens (tertiary/aromatic N) is 3. The van der Waals surface area contributed by atoms with Crippen LogP contribution in [0.15, 0.2) is 127 Å². The molecule has 3 aromatic carbocycles. The molecule has 5 aromatic rings. The minimum absolute atomic E-state index is 0.0826. The zero-order chi connectivity index (χ0) is 28.0. The highest BCUT2D eigenvalue weighted by Crippen LogP contribution is 2.26. The van der Waals surface area contributed by atoms with Crippen molar-refractivity contribution in [1.29, 1.82) is 0 Å². The second kappa shape index (κ2) is 12.0. The number of carbonyl (C=O) groups is 1. The quantitative estimate of drug-likeness (QED) is 0.210. The molecule has 0 amide bonds.